The highest BCUT2D eigenvalue weighted by molar-refractivity contribution is 7.90. The van der Waals surface area contributed by atoms with Crippen LogP contribution in [0.5, 0.6) is 0 Å². The molecule has 0 radical (unpaired) electrons. The molecular formula is C20H16N2O2S. The maximum absolute atomic E-state index is 13.1. The van der Waals surface area contributed by atoms with Crippen molar-refractivity contribution in [1.29, 1.82) is 0 Å². The summed E-state index contributed by atoms with van der Waals surface area (Å²) in [6, 6.07) is 23.8. The Hall–Kier alpha value is -2.92. The van der Waals surface area contributed by atoms with Gasteiger partial charge in [0.25, 0.3) is 10.0 Å². The number of benzene rings is 3. The van der Waals surface area contributed by atoms with Crippen LogP contribution in [0, 0.1) is 6.92 Å². The molecule has 124 valence electrons. The average Bonchev–Trinajstić information content (AvgIpc) is 3.03. The van der Waals surface area contributed by atoms with E-state index in [9.17, 15) is 8.42 Å². The summed E-state index contributed by atoms with van der Waals surface area (Å²) in [6.45, 7) is 1.92. The van der Waals surface area contributed by atoms with E-state index >= 15 is 0 Å². The minimum atomic E-state index is -3.76. The molecule has 0 aliphatic rings. The second-order valence-electron chi connectivity index (χ2n) is 5.89. The lowest BCUT2D eigenvalue weighted by Crippen LogP contribution is -2.14. The first-order valence-electron chi connectivity index (χ1n) is 7.93. The van der Waals surface area contributed by atoms with E-state index in [4.69, 9.17) is 0 Å². The fourth-order valence-corrected chi connectivity index (χ4v) is 4.13. The summed E-state index contributed by atoms with van der Waals surface area (Å²) in [6.07, 6.45) is 0. The summed E-state index contributed by atoms with van der Waals surface area (Å²) in [5.74, 6) is 0. The van der Waals surface area contributed by atoms with Gasteiger partial charge in [0, 0.05) is 10.9 Å². The van der Waals surface area contributed by atoms with E-state index in [1.165, 1.54) is 0 Å². The highest BCUT2D eigenvalue weighted by atomic mass is 32.2. The van der Waals surface area contributed by atoms with Gasteiger partial charge in [-0.05, 0) is 25.1 Å². The van der Waals surface area contributed by atoms with Crippen molar-refractivity contribution in [2.75, 3.05) is 0 Å². The number of aromatic nitrogens is 2. The van der Waals surface area contributed by atoms with Crippen LogP contribution in [0.15, 0.2) is 83.8 Å². The van der Waals surface area contributed by atoms with E-state index in [1.54, 1.807) is 30.3 Å². The predicted octanol–water partition coefficient (Wildman–Crippen LogP) is 4.25. The van der Waals surface area contributed by atoms with Crippen molar-refractivity contribution in [1.82, 2.24) is 9.19 Å². The van der Waals surface area contributed by atoms with Gasteiger partial charge in [-0.2, -0.15) is 17.6 Å². The van der Waals surface area contributed by atoms with Gasteiger partial charge in [-0.15, -0.1) is 0 Å². The smallest absolute Gasteiger partial charge is 0.199 e. The number of hydrogen-bond acceptors (Lipinski definition) is 3. The number of rotatable bonds is 3. The zero-order valence-electron chi connectivity index (χ0n) is 13.6. The van der Waals surface area contributed by atoms with Gasteiger partial charge in [-0.25, -0.2) is 0 Å². The molecule has 1 heterocycles. The van der Waals surface area contributed by atoms with Gasteiger partial charge in [0.1, 0.15) is 5.69 Å². The van der Waals surface area contributed by atoms with Crippen LogP contribution >= 0.6 is 0 Å². The summed E-state index contributed by atoms with van der Waals surface area (Å²) in [4.78, 5) is 0.228. The lowest BCUT2D eigenvalue weighted by atomic mass is 10.1. The Morgan fingerprint density at radius 1 is 0.800 bits per heavy atom. The van der Waals surface area contributed by atoms with E-state index in [1.807, 2.05) is 55.5 Å². The van der Waals surface area contributed by atoms with Gasteiger partial charge in [0.15, 0.2) is 0 Å². The van der Waals surface area contributed by atoms with Crippen LogP contribution in [0.1, 0.15) is 5.56 Å². The standard InChI is InChI=1S/C20H16N2O2S/c1-15-11-13-17(14-12-15)25(23,24)22-19-10-6-5-9-18(19)20(21-22)16-7-3-2-4-8-16/h2-14H,1H3. The van der Waals surface area contributed by atoms with Crippen LogP contribution in [0.3, 0.4) is 0 Å². The third-order valence-electron chi connectivity index (χ3n) is 4.15. The average molecular weight is 348 g/mol. The Morgan fingerprint density at radius 3 is 2.16 bits per heavy atom. The number of aryl methyl sites for hydroxylation is 1. The highest BCUT2D eigenvalue weighted by Gasteiger charge is 2.23. The molecule has 4 aromatic rings. The van der Waals surface area contributed by atoms with E-state index in [0.29, 0.717) is 11.2 Å². The Kier molecular flexibility index (Phi) is 3.66. The van der Waals surface area contributed by atoms with Gasteiger partial charge in [0.05, 0.1) is 10.4 Å². The second kappa shape index (κ2) is 5.86. The normalized spacial score (nSPS) is 11.7. The molecule has 4 rings (SSSR count). The Labute approximate surface area is 146 Å². The molecule has 0 saturated carbocycles. The lowest BCUT2D eigenvalue weighted by molar-refractivity contribution is 0.582. The number of nitrogens with zero attached hydrogens (tertiary/aromatic N) is 2. The Bertz CT molecular complexity index is 1150. The Morgan fingerprint density at radius 2 is 1.44 bits per heavy atom. The van der Waals surface area contributed by atoms with E-state index in [2.05, 4.69) is 5.10 Å². The van der Waals surface area contributed by atoms with Crippen LogP contribution in [0.2, 0.25) is 0 Å². The van der Waals surface area contributed by atoms with Crippen molar-refractivity contribution in [2.24, 2.45) is 0 Å². The van der Waals surface area contributed by atoms with Crippen molar-refractivity contribution in [3.05, 3.63) is 84.4 Å². The van der Waals surface area contributed by atoms with Crippen molar-refractivity contribution < 1.29 is 8.42 Å². The van der Waals surface area contributed by atoms with Crippen molar-refractivity contribution >= 4 is 20.9 Å². The molecule has 0 amide bonds. The van der Waals surface area contributed by atoms with E-state index < -0.39 is 10.0 Å². The Balaban J connectivity index is 1.98. The second-order valence-corrected chi connectivity index (χ2v) is 7.66. The molecule has 0 N–H and O–H groups in total. The molecule has 0 saturated heterocycles. The molecule has 25 heavy (non-hydrogen) atoms. The van der Waals surface area contributed by atoms with Crippen molar-refractivity contribution in [2.45, 2.75) is 11.8 Å². The molecule has 3 aromatic carbocycles. The van der Waals surface area contributed by atoms with Crippen molar-refractivity contribution in [3.8, 4) is 11.3 Å². The third-order valence-corrected chi connectivity index (χ3v) is 5.75. The molecule has 1 aromatic heterocycles. The molecule has 0 bridgehead atoms. The first kappa shape index (κ1) is 15.6. The minimum Gasteiger partial charge on any atom is -0.199 e. The summed E-state index contributed by atoms with van der Waals surface area (Å²) in [5.41, 5.74) is 3.12. The predicted molar refractivity (Wildman–Crippen MR) is 98.9 cm³/mol. The fraction of sp³-hybridized carbons (Fsp3) is 0.0500. The molecule has 5 heteroatoms. The largest absolute Gasteiger partial charge is 0.283 e. The van der Waals surface area contributed by atoms with E-state index in [0.717, 1.165) is 20.6 Å². The maximum Gasteiger partial charge on any atom is 0.283 e. The minimum absolute atomic E-state index is 0.228. The van der Waals surface area contributed by atoms with Crippen molar-refractivity contribution in [3.63, 3.8) is 0 Å². The topological polar surface area (TPSA) is 52.0 Å². The van der Waals surface area contributed by atoms with E-state index in [-0.39, 0.29) is 4.90 Å². The van der Waals surface area contributed by atoms with Gasteiger partial charge in [0.2, 0.25) is 0 Å². The van der Waals surface area contributed by atoms with Crippen LogP contribution in [0.25, 0.3) is 22.2 Å². The molecule has 0 fully saturated rings. The zero-order valence-corrected chi connectivity index (χ0v) is 14.4. The first-order valence-corrected chi connectivity index (χ1v) is 9.37. The number of hydrogen-bond donors (Lipinski definition) is 0. The van der Waals surface area contributed by atoms with Crippen LogP contribution in [0.4, 0.5) is 0 Å². The summed E-state index contributed by atoms with van der Waals surface area (Å²) < 4.78 is 27.3. The molecular weight excluding hydrogens is 332 g/mol. The number of para-hydroxylation sites is 1. The maximum atomic E-state index is 13.1. The molecule has 0 aliphatic heterocycles. The molecule has 0 spiro atoms. The van der Waals surface area contributed by atoms with Gasteiger partial charge >= 0.3 is 0 Å². The fourth-order valence-electron chi connectivity index (χ4n) is 2.84. The van der Waals surface area contributed by atoms with Crippen LogP contribution in [-0.4, -0.2) is 17.6 Å². The van der Waals surface area contributed by atoms with Crippen LogP contribution in [-0.2, 0) is 10.0 Å². The van der Waals surface area contributed by atoms with Gasteiger partial charge < -0.3 is 0 Å². The van der Waals surface area contributed by atoms with Gasteiger partial charge in [-0.1, -0.05) is 66.2 Å². The lowest BCUT2D eigenvalue weighted by Gasteiger charge is -2.06. The first-order chi connectivity index (χ1) is 12.1. The zero-order chi connectivity index (χ0) is 17.4. The summed E-state index contributed by atoms with van der Waals surface area (Å²) in [7, 11) is -3.76. The number of fused-ring (bicyclic) bond motifs is 1. The third kappa shape index (κ3) is 2.62. The van der Waals surface area contributed by atoms with Gasteiger partial charge in [-0.3, -0.25) is 0 Å². The monoisotopic (exact) mass is 348 g/mol. The summed E-state index contributed by atoms with van der Waals surface area (Å²) >= 11 is 0. The molecule has 0 aliphatic carbocycles. The quantitative estimate of drug-likeness (QED) is 0.556. The summed E-state index contributed by atoms with van der Waals surface area (Å²) in [5, 5.41) is 5.27. The molecule has 0 unspecified atom stereocenters. The molecule has 4 nitrogen and oxygen atoms in total. The molecule has 0 atom stereocenters. The van der Waals surface area contributed by atoms with Crippen LogP contribution < -0.4 is 0 Å². The SMILES string of the molecule is Cc1ccc(S(=O)(=O)n2nc(-c3ccccc3)c3ccccc32)cc1. The highest BCUT2D eigenvalue weighted by Crippen LogP contribution is 2.30.